The van der Waals surface area contributed by atoms with Crippen molar-refractivity contribution >= 4 is 15.9 Å². The lowest BCUT2D eigenvalue weighted by Crippen LogP contribution is -2.56. The number of alkyl halides is 1. The monoisotopic (exact) mass is 328 g/mol. The van der Waals surface area contributed by atoms with E-state index in [4.69, 9.17) is 4.74 Å². The molecule has 2 atom stereocenters. The molecule has 3 fully saturated rings. The molecular formula is C17H29BrO. The molecule has 2 unspecified atom stereocenters. The first kappa shape index (κ1) is 14.4. The van der Waals surface area contributed by atoms with Crippen molar-refractivity contribution in [3.63, 3.8) is 0 Å². The molecule has 0 bridgehead atoms. The van der Waals surface area contributed by atoms with Crippen LogP contribution in [-0.2, 0) is 4.74 Å². The first-order valence-electron chi connectivity index (χ1n) is 8.57. The Morgan fingerprint density at radius 2 is 1.53 bits per heavy atom. The molecule has 0 aromatic carbocycles. The Bertz CT molecular complexity index is 277. The summed E-state index contributed by atoms with van der Waals surface area (Å²) in [5.74, 6) is 0.859. The van der Waals surface area contributed by atoms with Crippen LogP contribution >= 0.6 is 15.9 Å². The summed E-state index contributed by atoms with van der Waals surface area (Å²) in [6.45, 7) is 1.05. The van der Waals surface area contributed by atoms with Crippen molar-refractivity contribution in [2.75, 3.05) is 6.61 Å². The van der Waals surface area contributed by atoms with Gasteiger partial charge in [0.05, 0.1) is 6.10 Å². The van der Waals surface area contributed by atoms with Crippen molar-refractivity contribution < 1.29 is 4.74 Å². The van der Waals surface area contributed by atoms with Gasteiger partial charge < -0.3 is 4.74 Å². The van der Waals surface area contributed by atoms with Crippen molar-refractivity contribution in [2.45, 2.75) is 88.0 Å². The molecule has 1 nitrogen and oxygen atoms in total. The molecule has 2 heteroatoms. The molecule has 19 heavy (non-hydrogen) atoms. The van der Waals surface area contributed by atoms with E-state index >= 15 is 0 Å². The highest BCUT2D eigenvalue weighted by molar-refractivity contribution is 9.09. The fraction of sp³-hybridized carbons (Fsp3) is 1.00. The maximum absolute atomic E-state index is 6.41. The Labute approximate surface area is 127 Å². The molecule has 0 saturated heterocycles. The standard InChI is InChI=1S/C17H29BrO/c18-15-12-16(17(15)10-6-3-7-11-17)19-13-14-8-4-1-2-5-9-14/h14-16H,1-13H2. The second-order valence-corrected chi connectivity index (χ2v) is 8.28. The summed E-state index contributed by atoms with van der Waals surface area (Å²) in [5, 5.41) is 0. The van der Waals surface area contributed by atoms with Gasteiger partial charge in [0.25, 0.3) is 0 Å². The van der Waals surface area contributed by atoms with Crippen molar-refractivity contribution in [1.82, 2.24) is 0 Å². The minimum atomic E-state index is 0.517. The Morgan fingerprint density at radius 3 is 2.16 bits per heavy atom. The highest BCUT2D eigenvalue weighted by atomic mass is 79.9. The topological polar surface area (TPSA) is 9.23 Å². The molecule has 3 aliphatic rings. The Morgan fingerprint density at radius 1 is 0.895 bits per heavy atom. The van der Waals surface area contributed by atoms with Crippen LogP contribution in [-0.4, -0.2) is 17.5 Å². The maximum atomic E-state index is 6.41. The minimum absolute atomic E-state index is 0.517. The molecule has 0 N–H and O–H groups in total. The van der Waals surface area contributed by atoms with E-state index < -0.39 is 0 Å². The summed E-state index contributed by atoms with van der Waals surface area (Å²) in [4.78, 5) is 0.736. The lowest BCUT2D eigenvalue weighted by Gasteiger charge is -2.55. The normalized spacial score (nSPS) is 35.8. The van der Waals surface area contributed by atoms with E-state index in [0.29, 0.717) is 11.5 Å². The molecule has 0 heterocycles. The van der Waals surface area contributed by atoms with Gasteiger partial charge in [-0.05, 0) is 38.0 Å². The molecular weight excluding hydrogens is 300 g/mol. The molecule has 3 saturated carbocycles. The number of halogens is 1. The van der Waals surface area contributed by atoms with E-state index in [9.17, 15) is 0 Å². The fourth-order valence-corrected chi connectivity index (χ4v) is 5.65. The van der Waals surface area contributed by atoms with E-state index in [2.05, 4.69) is 15.9 Å². The van der Waals surface area contributed by atoms with Crippen LogP contribution in [0.1, 0.15) is 77.0 Å². The molecule has 1 spiro atoms. The van der Waals surface area contributed by atoms with E-state index in [1.165, 1.54) is 77.0 Å². The molecule has 3 rings (SSSR count). The van der Waals surface area contributed by atoms with Crippen LogP contribution in [0.4, 0.5) is 0 Å². The van der Waals surface area contributed by atoms with Crippen LogP contribution in [0.15, 0.2) is 0 Å². The van der Waals surface area contributed by atoms with Crippen LogP contribution < -0.4 is 0 Å². The fourth-order valence-electron chi connectivity index (χ4n) is 4.56. The molecule has 0 radical (unpaired) electrons. The summed E-state index contributed by atoms with van der Waals surface area (Å²) < 4.78 is 6.41. The SMILES string of the molecule is BrC1CC(OCC2CCCCCC2)C12CCCCC2. The third kappa shape index (κ3) is 3.05. The summed E-state index contributed by atoms with van der Waals surface area (Å²) >= 11 is 3.92. The van der Waals surface area contributed by atoms with Gasteiger partial charge in [-0.1, -0.05) is 60.9 Å². The van der Waals surface area contributed by atoms with Crippen LogP contribution in [0.3, 0.4) is 0 Å². The third-order valence-corrected chi connectivity index (χ3v) is 7.26. The van der Waals surface area contributed by atoms with E-state index in [0.717, 1.165) is 17.4 Å². The summed E-state index contributed by atoms with van der Waals surface area (Å²) in [6, 6.07) is 0. The Hall–Kier alpha value is 0.440. The van der Waals surface area contributed by atoms with Gasteiger partial charge in [0.2, 0.25) is 0 Å². The number of ether oxygens (including phenoxy) is 1. The van der Waals surface area contributed by atoms with Crippen LogP contribution in [0.2, 0.25) is 0 Å². The lowest BCUT2D eigenvalue weighted by molar-refractivity contribution is -0.129. The number of hydrogen-bond acceptors (Lipinski definition) is 1. The molecule has 0 amide bonds. The molecule has 0 aromatic rings. The highest BCUT2D eigenvalue weighted by Crippen LogP contribution is 2.56. The van der Waals surface area contributed by atoms with Crippen molar-refractivity contribution in [1.29, 1.82) is 0 Å². The quantitative estimate of drug-likeness (QED) is 0.493. The smallest absolute Gasteiger partial charge is 0.0653 e. The second kappa shape index (κ2) is 6.47. The van der Waals surface area contributed by atoms with E-state index in [1.54, 1.807) is 0 Å². The van der Waals surface area contributed by atoms with Gasteiger partial charge in [-0.2, -0.15) is 0 Å². The van der Waals surface area contributed by atoms with Gasteiger partial charge in [-0.15, -0.1) is 0 Å². The Kier molecular flexibility index (Phi) is 4.90. The zero-order valence-electron chi connectivity index (χ0n) is 12.2. The van der Waals surface area contributed by atoms with Gasteiger partial charge in [0.15, 0.2) is 0 Å². The lowest BCUT2D eigenvalue weighted by atomic mass is 9.58. The third-order valence-electron chi connectivity index (χ3n) is 5.98. The first-order valence-corrected chi connectivity index (χ1v) is 9.48. The van der Waals surface area contributed by atoms with Gasteiger partial charge in [-0.3, -0.25) is 0 Å². The molecule has 3 aliphatic carbocycles. The number of rotatable bonds is 3. The summed E-state index contributed by atoms with van der Waals surface area (Å²) in [7, 11) is 0. The zero-order chi connectivity index (χ0) is 13.1. The van der Waals surface area contributed by atoms with E-state index in [-0.39, 0.29) is 0 Å². The van der Waals surface area contributed by atoms with Crippen molar-refractivity contribution in [2.24, 2.45) is 11.3 Å². The van der Waals surface area contributed by atoms with Crippen molar-refractivity contribution in [3.05, 3.63) is 0 Å². The van der Waals surface area contributed by atoms with Gasteiger partial charge in [-0.25, -0.2) is 0 Å². The summed E-state index contributed by atoms with van der Waals surface area (Å²) in [5.41, 5.74) is 0.517. The highest BCUT2D eigenvalue weighted by Gasteiger charge is 2.54. The average Bonchev–Trinajstić information content (AvgIpc) is 2.73. The predicted octanol–water partition coefficient (Wildman–Crippen LogP) is 5.46. The first-order chi connectivity index (χ1) is 9.31. The Balaban J connectivity index is 1.49. The van der Waals surface area contributed by atoms with Crippen LogP contribution in [0, 0.1) is 11.3 Å². The number of hydrogen-bond donors (Lipinski definition) is 0. The van der Waals surface area contributed by atoms with Crippen LogP contribution in [0.5, 0.6) is 0 Å². The van der Waals surface area contributed by atoms with Crippen molar-refractivity contribution in [3.8, 4) is 0 Å². The van der Waals surface area contributed by atoms with Gasteiger partial charge in [0, 0.05) is 16.8 Å². The van der Waals surface area contributed by atoms with Gasteiger partial charge >= 0.3 is 0 Å². The molecule has 0 aliphatic heterocycles. The van der Waals surface area contributed by atoms with Gasteiger partial charge in [0.1, 0.15) is 0 Å². The average molecular weight is 329 g/mol. The van der Waals surface area contributed by atoms with Crippen LogP contribution in [0.25, 0.3) is 0 Å². The summed E-state index contributed by atoms with van der Waals surface area (Å²) in [6.07, 6.45) is 17.5. The van der Waals surface area contributed by atoms with E-state index in [1.807, 2.05) is 0 Å². The maximum Gasteiger partial charge on any atom is 0.0653 e. The minimum Gasteiger partial charge on any atom is -0.377 e. The predicted molar refractivity (Wildman–Crippen MR) is 83.8 cm³/mol. The second-order valence-electron chi connectivity index (χ2n) is 7.18. The molecule has 0 aromatic heterocycles. The largest absolute Gasteiger partial charge is 0.377 e. The zero-order valence-corrected chi connectivity index (χ0v) is 13.8. The molecule has 110 valence electrons.